The molecule has 2 rings (SSSR count). The van der Waals surface area contributed by atoms with Crippen molar-refractivity contribution in [2.75, 3.05) is 13.1 Å². The SMILES string of the molecule is CCCCCN1C(=S)S/C(=C2/SC(=S)N(CCCCC)C2=S)C1=S. The molecule has 0 aromatic rings. The van der Waals surface area contributed by atoms with Crippen LogP contribution in [0.15, 0.2) is 9.81 Å². The normalized spacial score (nSPS) is 21.6. The Morgan fingerprint density at radius 1 is 0.667 bits per heavy atom. The summed E-state index contributed by atoms with van der Waals surface area (Å²) in [5.41, 5.74) is 0. The van der Waals surface area contributed by atoms with Crippen LogP contribution in [0.2, 0.25) is 0 Å². The number of nitrogens with zero attached hydrogens (tertiary/aromatic N) is 2. The van der Waals surface area contributed by atoms with Crippen LogP contribution >= 0.6 is 72.4 Å². The van der Waals surface area contributed by atoms with E-state index in [0.29, 0.717) is 0 Å². The highest BCUT2D eigenvalue weighted by molar-refractivity contribution is 8.30. The minimum atomic E-state index is 0.823. The van der Waals surface area contributed by atoms with Gasteiger partial charge in [0.2, 0.25) is 0 Å². The summed E-state index contributed by atoms with van der Waals surface area (Å²) >= 11 is 25.6. The molecule has 0 radical (unpaired) electrons. The molecule has 2 heterocycles. The molecule has 0 aromatic carbocycles. The van der Waals surface area contributed by atoms with E-state index in [1.54, 1.807) is 23.5 Å². The molecular formula is C16H22N2S6. The largest absolute Gasteiger partial charge is 0.317 e. The molecule has 24 heavy (non-hydrogen) atoms. The lowest BCUT2D eigenvalue weighted by molar-refractivity contribution is 0.573. The monoisotopic (exact) mass is 434 g/mol. The molecule has 132 valence electrons. The van der Waals surface area contributed by atoms with Crippen LogP contribution < -0.4 is 0 Å². The standard InChI is InChI=1S/C16H22N2S6/c1-3-5-7-9-17-13(19)11(23-15(17)21)12-14(20)18(16(22)24-12)10-8-6-4-2/h3-10H2,1-2H3/b12-11+. The summed E-state index contributed by atoms with van der Waals surface area (Å²) in [6, 6.07) is 0. The summed E-state index contributed by atoms with van der Waals surface area (Å²) in [7, 11) is 0. The number of thiocarbonyl (C=S) groups is 4. The van der Waals surface area contributed by atoms with Gasteiger partial charge < -0.3 is 9.80 Å². The van der Waals surface area contributed by atoms with E-state index in [2.05, 4.69) is 23.6 Å². The van der Waals surface area contributed by atoms with E-state index in [4.69, 9.17) is 48.9 Å². The van der Waals surface area contributed by atoms with Crippen molar-refractivity contribution in [1.82, 2.24) is 9.80 Å². The van der Waals surface area contributed by atoms with Gasteiger partial charge in [0.05, 0.1) is 9.81 Å². The molecular weight excluding hydrogens is 413 g/mol. The van der Waals surface area contributed by atoms with Crippen molar-refractivity contribution in [2.24, 2.45) is 0 Å². The van der Waals surface area contributed by atoms with Crippen LogP contribution in [0.5, 0.6) is 0 Å². The molecule has 2 aliphatic rings. The fourth-order valence-electron chi connectivity index (χ4n) is 2.50. The van der Waals surface area contributed by atoms with Crippen molar-refractivity contribution < 1.29 is 0 Å². The van der Waals surface area contributed by atoms with E-state index in [-0.39, 0.29) is 0 Å². The highest BCUT2D eigenvalue weighted by Crippen LogP contribution is 2.43. The summed E-state index contributed by atoms with van der Waals surface area (Å²) in [6.07, 6.45) is 6.99. The molecule has 0 saturated carbocycles. The molecule has 2 fully saturated rings. The van der Waals surface area contributed by atoms with Crippen molar-refractivity contribution in [3.63, 3.8) is 0 Å². The van der Waals surface area contributed by atoms with Gasteiger partial charge in [0.1, 0.15) is 18.6 Å². The van der Waals surface area contributed by atoms with Gasteiger partial charge in [-0.2, -0.15) is 0 Å². The molecule has 0 unspecified atom stereocenters. The minimum Gasteiger partial charge on any atom is -0.317 e. The predicted octanol–water partition coefficient (Wildman–Crippen LogP) is 5.90. The van der Waals surface area contributed by atoms with Crippen LogP contribution in [-0.2, 0) is 0 Å². The number of thioether (sulfide) groups is 2. The number of hydrogen-bond donors (Lipinski definition) is 0. The first-order valence-corrected chi connectivity index (χ1v) is 11.6. The summed E-state index contributed by atoms with van der Waals surface area (Å²) in [6.45, 7) is 6.20. The highest BCUT2D eigenvalue weighted by atomic mass is 32.2. The number of rotatable bonds is 8. The van der Waals surface area contributed by atoms with Crippen LogP contribution in [0.3, 0.4) is 0 Å². The smallest absolute Gasteiger partial charge is 0.146 e. The second kappa shape index (κ2) is 9.92. The van der Waals surface area contributed by atoms with E-state index >= 15 is 0 Å². The van der Waals surface area contributed by atoms with Gasteiger partial charge in [0, 0.05) is 13.1 Å². The molecule has 0 N–H and O–H groups in total. The lowest BCUT2D eigenvalue weighted by Gasteiger charge is -2.17. The van der Waals surface area contributed by atoms with Crippen LogP contribution in [0, 0.1) is 0 Å². The van der Waals surface area contributed by atoms with Gasteiger partial charge in [0.25, 0.3) is 0 Å². The molecule has 0 bridgehead atoms. The first kappa shape index (κ1) is 20.7. The minimum absolute atomic E-state index is 0.823. The maximum absolute atomic E-state index is 5.69. The van der Waals surface area contributed by atoms with Gasteiger partial charge in [0.15, 0.2) is 0 Å². The van der Waals surface area contributed by atoms with Gasteiger partial charge >= 0.3 is 0 Å². The zero-order valence-corrected chi connectivity index (χ0v) is 18.9. The van der Waals surface area contributed by atoms with Crippen molar-refractivity contribution >= 4 is 91.0 Å². The second-order valence-corrected chi connectivity index (χ2v) is 9.78. The Balaban J connectivity index is 2.11. The molecule has 0 amide bonds. The first-order valence-electron chi connectivity index (χ1n) is 8.32. The van der Waals surface area contributed by atoms with Gasteiger partial charge in [-0.25, -0.2) is 0 Å². The molecule has 0 atom stereocenters. The Hall–Kier alpha value is 0.400. The second-order valence-electron chi connectivity index (χ2n) is 5.72. The van der Waals surface area contributed by atoms with Crippen LogP contribution in [0.25, 0.3) is 0 Å². The van der Waals surface area contributed by atoms with Gasteiger partial charge in [-0.3, -0.25) is 0 Å². The lowest BCUT2D eigenvalue weighted by atomic mass is 10.2. The molecule has 0 spiro atoms. The van der Waals surface area contributed by atoms with Crippen molar-refractivity contribution in [3.8, 4) is 0 Å². The molecule has 2 saturated heterocycles. The average Bonchev–Trinajstić information content (AvgIpc) is 2.99. The Bertz CT molecular complexity index is 533. The van der Waals surface area contributed by atoms with E-state index in [1.807, 2.05) is 0 Å². The van der Waals surface area contributed by atoms with Crippen LogP contribution in [0.4, 0.5) is 0 Å². The van der Waals surface area contributed by atoms with E-state index in [0.717, 1.165) is 54.4 Å². The highest BCUT2D eigenvalue weighted by Gasteiger charge is 2.37. The quantitative estimate of drug-likeness (QED) is 0.261. The Labute approximate surface area is 175 Å². The zero-order chi connectivity index (χ0) is 17.7. The molecule has 8 heteroatoms. The lowest BCUT2D eigenvalue weighted by Crippen LogP contribution is -2.29. The van der Waals surface area contributed by atoms with E-state index < -0.39 is 0 Å². The fraction of sp³-hybridized carbons (Fsp3) is 0.625. The molecule has 0 aliphatic carbocycles. The molecule has 0 aromatic heterocycles. The summed E-state index contributed by atoms with van der Waals surface area (Å²) in [5, 5.41) is 0. The topological polar surface area (TPSA) is 6.48 Å². The third-order valence-electron chi connectivity index (χ3n) is 3.88. The summed E-state index contributed by atoms with van der Waals surface area (Å²) in [5.74, 6) is 0. The molecule has 2 nitrogen and oxygen atoms in total. The molecule has 2 aliphatic heterocycles. The summed E-state index contributed by atoms with van der Waals surface area (Å²) in [4.78, 5) is 7.87. The maximum Gasteiger partial charge on any atom is 0.146 e. The maximum atomic E-state index is 5.69. The van der Waals surface area contributed by atoms with E-state index in [9.17, 15) is 0 Å². The van der Waals surface area contributed by atoms with Crippen molar-refractivity contribution in [2.45, 2.75) is 52.4 Å². The zero-order valence-electron chi connectivity index (χ0n) is 14.0. The van der Waals surface area contributed by atoms with Gasteiger partial charge in [-0.05, 0) is 12.8 Å². The Kier molecular flexibility index (Phi) is 8.56. The number of unbranched alkanes of at least 4 members (excludes halogenated alkanes) is 4. The average molecular weight is 435 g/mol. The van der Waals surface area contributed by atoms with Crippen molar-refractivity contribution in [3.05, 3.63) is 9.81 Å². The first-order chi connectivity index (χ1) is 11.5. The van der Waals surface area contributed by atoms with Gasteiger partial charge in [-0.1, -0.05) is 112 Å². The predicted molar refractivity (Wildman–Crippen MR) is 125 cm³/mol. The number of hydrogen-bond acceptors (Lipinski definition) is 6. The van der Waals surface area contributed by atoms with Crippen molar-refractivity contribution in [1.29, 1.82) is 0 Å². The third-order valence-corrected chi connectivity index (χ3v) is 8.05. The van der Waals surface area contributed by atoms with E-state index in [1.165, 1.54) is 25.7 Å². The Morgan fingerprint density at radius 3 is 1.38 bits per heavy atom. The third kappa shape index (κ3) is 4.76. The van der Waals surface area contributed by atoms with Crippen LogP contribution in [0.1, 0.15) is 52.4 Å². The fourth-order valence-corrected chi connectivity index (χ4v) is 6.50. The Morgan fingerprint density at radius 2 is 1.04 bits per heavy atom. The van der Waals surface area contributed by atoms with Crippen LogP contribution in [-0.4, -0.2) is 41.5 Å². The van der Waals surface area contributed by atoms with Gasteiger partial charge in [-0.15, -0.1) is 0 Å². The summed E-state index contributed by atoms with van der Waals surface area (Å²) < 4.78 is 1.69.